The van der Waals surface area contributed by atoms with Crippen LogP contribution in [0.5, 0.6) is 0 Å². The van der Waals surface area contributed by atoms with Crippen molar-refractivity contribution in [2.45, 2.75) is 46.3 Å². The van der Waals surface area contributed by atoms with Crippen molar-refractivity contribution in [2.24, 2.45) is 16.7 Å². The normalized spacial score (nSPS) is 28.5. The molecule has 0 aliphatic heterocycles. The summed E-state index contributed by atoms with van der Waals surface area (Å²) in [4.78, 5) is 24.7. The Kier molecular flexibility index (Phi) is 4.39. The van der Waals surface area contributed by atoms with Crippen molar-refractivity contribution < 1.29 is 19.1 Å². The van der Waals surface area contributed by atoms with Gasteiger partial charge in [0.15, 0.2) is 5.41 Å². The van der Waals surface area contributed by atoms with E-state index in [9.17, 15) is 9.59 Å². The van der Waals surface area contributed by atoms with Gasteiger partial charge in [-0.3, -0.25) is 9.59 Å². The minimum atomic E-state index is -1.36. The molecule has 2 unspecified atom stereocenters. The van der Waals surface area contributed by atoms with Crippen LogP contribution in [-0.2, 0) is 19.1 Å². The molecule has 0 saturated heterocycles. The lowest BCUT2D eigenvalue weighted by molar-refractivity contribution is -0.169. The van der Waals surface area contributed by atoms with E-state index >= 15 is 0 Å². The molecule has 0 radical (unpaired) electrons. The molecule has 2 aliphatic carbocycles. The lowest BCUT2D eigenvalue weighted by Gasteiger charge is -2.26. The summed E-state index contributed by atoms with van der Waals surface area (Å²) in [5.74, 6) is -0.686. The Hall–Kier alpha value is -1.36. The predicted molar refractivity (Wildman–Crippen MR) is 92.5 cm³/mol. The monoisotopic (exact) mass is 336 g/mol. The van der Waals surface area contributed by atoms with Gasteiger partial charge in [-0.2, -0.15) is 0 Å². The fourth-order valence-electron chi connectivity index (χ4n) is 4.15. The number of hydrogen-bond acceptors (Lipinski definition) is 4. The van der Waals surface area contributed by atoms with Crippen molar-refractivity contribution in [3.8, 4) is 0 Å². The molecule has 0 bridgehead atoms. The van der Waals surface area contributed by atoms with Crippen LogP contribution in [0.25, 0.3) is 0 Å². The number of fused-ring (bicyclic) bond motifs is 1. The van der Waals surface area contributed by atoms with E-state index in [1.54, 1.807) is 0 Å². The van der Waals surface area contributed by atoms with E-state index < -0.39 is 25.4 Å². The van der Waals surface area contributed by atoms with Crippen LogP contribution in [0.4, 0.5) is 0 Å². The average Bonchev–Trinajstić information content (AvgIpc) is 2.95. The molecule has 0 aromatic rings. The summed E-state index contributed by atoms with van der Waals surface area (Å²) in [6, 6.07) is 0. The number of allylic oxidation sites excluding steroid dienone is 3. The predicted octanol–water partition coefficient (Wildman–Crippen LogP) is 3.50. The van der Waals surface area contributed by atoms with Gasteiger partial charge in [-0.05, 0) is 32.6 Å². The highest BCUT2D eigenvalue weighted by molar-refractivity contribution is 6.80. The number of rotatable bonds is 4. The van der Waals surface area contributed by atoms with Crippen molar-refractivity contribution in [1.29, 1.82) is 0 Å². The largest absolute Gasteiger partial charge is 0.468 e. The second kappa shape index (κ2) is 5.62. The van der Waals surface area contributed by atoms with Gasteiger partial charge in [0.25, 0.3) is 0 Å². The van der Waals surface area contributed by atoms with E-state index in [2.05, 4.69) is 45.3 Å². The molecule has 23 heavy (non-hydrogen) atoms. The summed E-state index contributed by atoms with van der Waals surface area (Å²) < 4.78 is 9.89. The number of carbonyl (C=O) groups excluding carboxylic acids is 2. The van der Waals surface area contributed by atoms with Crippen LogP contribution in [0, 0.1) is 16.7 Å². The number of hydrogen-bond donors (Lipinski definition) is 0. The smallest absolute Gasteiger partial charge is 0.323 e. The maximum absolute atomic E-state index is 12.4. The van der Waals surface area contributed by atoms with E-state index in [-0.39, 0.29) is 11.3 Å². The molecular weight excluding hydrogens is 308 g/mol. The first-order valence-corrected chi connectivity index (χ1v) is 11.7. The minimum absolute atomic E-state index is 0.165. The molecule has 0 heterocycles. The third-order valence-corrected chi connectivity index (χ3v) is 6.27. The van der Waals surface area contributed by atoms with Crippen molar-refractivity contribution in [2.75, 3.05) is 14.2 Å². The standard InChI is InChI=1S/C18H28O4Si/c1-12(2)14-13-10-18(15(19)21-3,16(20)22-4)11-17(13,14)8-9-23(5,6)7/h8-9,13H,10-11H2,1-7H3/b9-8-. The number of ether oxygens (including phenoxy) is 2. The summed E-state index contributed by atoms with van der Waals surface area (Å²) in [6.45, 7) is 11.1. The summed E-state index contributed by atoms with van der Waals surface area (Å²) in [7, 11) is 1.31. The first-order valence-electron chi connectivity index (χ1n) is 8.09. The Morgan fingerprint density at radius 1 is 1.13 bits per heavy atom. The van der Waals surface area contributed by atoms with Crippen LogP contribution in [0.1, 0.15) is 26.7 Å². The number of carbonyl (C=O) groups is 2. The maximum atomic E-state index is 12.4. The molecule has 0 N–H and O–H groups in total. The molecule has 0 spiro atoms. The van der Waals surface area contributed by atoms with Crippen molar-refractivity contribution in [3.63, 3.8) is 0 Å². The zero-order valence-corrected chi connectivity index (χ0v) is 16.3. The van der Waals surface area contributed by atoms with Crippen LogP contribution < -0.4 is 0 Å². The van der Waals surface area contributed by atoms with Crippen LogP contribution in [0.2, 0.25) is 19.6 Å². The van der Waals surface area contributed by atoms with E-state index in [0.717, 1.165) is 0 Å². The molecule has 0 amide bonds. The molecule has 0 aromatic heterocycles. The highest BCUT2D eigenvalue weighted by Crippen LogP contribution is 2.75. The molecular formula is C18H28O4Si. The molecule has 2 aliphatic rings. The second-order valence-corrected chi connectivity index (χ2v) is 13.2. The number of esters is 2. The zero-order valence-electron chi connectivity index (χ0n) is 15.3. The van der Waals surface area contributed by atoms with Crippen molar-refractivity contribution in [1.82, 2.24) is 0 Å². The molecule has 2 fully saturated rings. The van der Waals surface area contributed by atoms with Gasteiger partial charge in [0.2, 0.25) is 0 Å². The molecule has 2 rings (SSSR count). The minimum Gasteiger partial charge on any atom is -0.468 e. The van der Waals surface area contributed by atoms with Gasteiger partial charge in [-0.1, -0.05) is 42.6 Å². The summed E-state index contributed by atoms with van der Waals surface area (Å²) in [5, 5.41) is 0. The first kappa shape index (κ1) is 18.0. The Morgan fingerprint density at radius 2 is 1.65 bits per heavy atom. The Bertz CT molecular complexity index is 577. The molecule has 128 valence electrons. The molecule has 2 saturated carbocycles. The third kappa shape index (κ3) is 2.80. The van der Waals surface area contributed by atoms with Crippen molar-refractivity contribution in [3.05, 3.63) is 22.9 Å². The Labute approximate surface area is 139 Å². The van der Waals surface area contributed by atoms with Gasteiger partial charge >= 0.3 is 11.9 Å². The molecule has 5 heteroatoms. The van der Waals surface area contributed by atoms with Gasteiger partial charge in [0, 0.05) is 5.41 Å². The van der Waals surface area contributed by atoms with E-state index in [0.29, 0.717) is 12.8 Å². The SMILES string of the molecule is COC(=O)C1(C(=O)OC)CC2C(=C(C)C)C2(/C=C\[Si](C)(C)C)C1. The van der Waals surface area contributed by atoms with Gasteiger partial charge in [0.05, 0.1) is 22.3 Å². The molecule has 4 nitrogen and oxygen atoms in total. The lowest BCUT2D eigenvalue weighted by atomic mass is 9.79. The zero-order chi connectivity index (χ0) is 17.6. The maximum Gasteiger partial charge on any atom is 0.323 e. The number of methoxy groups -OCH3 is 2. The van der Waals surface area contributed by atoms with Gasteiger partial charge < -0.3 is 9.47 Å². The average molecular weight is 337 g/mol. The van der Waals surface area contributed by atoms with E-state index in [1.165, 1.54) is 25.4 Å². The van der Waals surface area contributed by atoms with Crippen LogP contribution in [-0.4, -0.2) is 34.2 Å². The van der Waals surface area contributed by atoms with Crippen LogP contribution in [0.3, 0.4) is 0 Å². The van der Waals surface area contributed by atoms with Crippen LogP contribution >= 0.6 is 0 Å². The first-order chi connectivity index (χ1) is 10.5. The molecule has 0 aromatic carbocycles. The fourth-order valence-corrected chi connectivity index (χ4v) is 4.95. The van der Waals surface area contributed by atoms with Gasteiger partial charge in [-0.15, -0.1) is 0 Å². The summed E-state index contributed by atoms with van der Waals surface area (Å²) >= 11 is 0. The van der Waals surface area contributed by atoms with Crippen molar-refractivity contribution >= 4 is 20.0 Å². The topological polar surface area (TPSA) is 52.6 Å². The van der Waals surface area contributed by atoms with Gasteiger partial charge in [-0.25, -0.2) is 0 Å². The van der Waals surface area contributed by atoms with Crippen LogP contribution in [0.15, 0.2) is 22.9 Å². The lowest BCUT2D eigenvalue weighted by Crippen LogP contribution is -2.40. The van der Waals surface area contributed by atoms with E-state index in [4.69, 9.17) is 9.47 Å². The highest BCUT2D eigenvalue weighted by atomic mass is 28.3. The van der Waals surface area contributed by atoms with E-state index in [1.807, 2.05) is 0 Å². The van der Waals surface area contributed by atoms with Gasteiger partial charge in [0.1, 0.15) is 0 Å². The Balaban J connectivity index is 2.45. The summed E-state index contributed by atoms with van der Waals surface area (Å²) in [5.41, 5.74) is 3.67. The fraction of sp³-hybridized carbons (Fsp3) is 0.667. The Morgan fingerprint density at radius 3 is 2.04 bits per heavy atom. The second-order valence-electron chi connectivity index (χ2n) is 8.15. The summed E-state index contributed by atoms with van der Waals surface area (Å²) in [6.07, 6.45) is 3.22. The molecule has 2 atom stereocenters. The highest BCUT2D eigenvalue weighted by Gasteiger charge is 2.73. The quantitative estimate of drug-likeness (QED) is 0.341. The third-order valence-electron chi connectivity index (χ3n) is 5.11.